The lowest BCUT2D eigenvalue weighted by molar-refractivity contribution is 0.536. The molecule has 1 aromatic rings. The first-order chi connectivity index (χ1) is 7.20. The standard InChI is InChI=1S/C11H19BrN2S/c1-9(2)7-13-4-5-14-8-11-10(12)3-6-15-11/h3,6,9,13-14H,4-5,7-8H2,1-2H3. The van der Waals surface area contributed by atoms with Gasteiger partial charge in [-0.1, -0.05) is 13.8 Å². The van der Waals surface area contributed by atoms with Crippen molar-refractivity contribution in [3.63, 3.8) is 0 Å². The van der Waals surface area contributed by atoms with E-state index in [9.17, 15) is 0 Å². The van der Waals surface area contributed by atoms with Gasteiger partial charge in [0.15, 0.2) is 0 Å². The number of hydrogen-bond donors (Lipinski definition) is 2. The van der Waals surface area contributed by atoms with Crippen LogP contribution in [-0.2, 0) is 6.54 Å². The van der Waals surface area contributed by atoms with Crippen LogP contribution in [0.3, 0.4) is 0 Å². The molecule has 0 spiro atoms. The number of hydrogen-bond acceptors (Lipinski definition) is 3. The molecule has 0 amide bonds. The van der Waals surface area contributed by atoms with Crippen LogP contribution in [0.2, 0.25) is 0 Å². The molecule has 4 heteroatoms. The van der Waals surface area contributed by atoms with Crippen LogP contribution < -0.4 is 10.6 Å². The molecule has 0 atom stereocenters. The first-order valence-electron chi connectivity index (χ1n) is 5.33. The summed E-state index contributed by atoms with van der Waals surface area (Å²) in [6.45, 7) is 8.58. The number of thiophene rings is 1. The van der Waals surface area contributed by atoms with Gasteiger partial charge in [-0.2, -0.15) is 0 Å². The summed E-state index contributed by atoms with van der Waals surface area (Å²) in [4.78, 5) is 1.37. The lowest BCUT2D eigenvalue weighted by atomic mass is 10.2. The highest BCUT2D eigenvalue weighted by molar-refractivity contribution is 9.10. The summed E-state index contributed by atoms with van der Waals surface area (Å²) in [6.07, 6.45) is 0. The van der Waals surface area contributed by atoms with Gasteiger partial charge in [-0.25, -0.2) is 0 Å². The first-order valence-corrected chi connectivity index (χ1v) is 7.00. The summed E-state index contributed by atoms with van der Waals surface area (Å²) in [6, 6.07) is 2.10. The van der Waals surface area contributed by atoms with Crippen molar-refractivity contribution < 1.29 is 0 Å². The molecule has 0 bridgehead atoms. The number of halogens is 1. The fourth-order valence-corrected chi connectivity index (χ4v) is 2.68. The van der Waals surface area contributed by atoms with E-state index < -0.39 is 0 Å². The van der Waals surface area contributed by atoms with Crippen LogP contribution in [0, 0.1) is 5.92 Å². The van der Waals surface area contributed by atoms with E-state index in [0.717, 1.165) is 32.1 Å². The van der Waals surface area contributed by atoms with Crippen LogP contribution in [-0.4, -0.2) is 19.6 Å². The van der Waals surface area contributed by atoms with E-state index in [1.54, 1.807) is 11.3 Å². The summed E-state index contributed by atoms with van der Waals surface area (Å²) in [5.41, 5.74) is 0. The molecular formula is C11H19BrN2S. The summed E-state index contributed by atoms with van der Waals surface area (Å²) in [5.74, 6) is 0.733. The molecule has 1 heterocycles. The monoisotopic (exact) mass is 290 g/mol. The normalized spacial score (nSPS) is 11.2. The summed E-state index contributed by atoms with van der Waals surface area (Å²) in [7, 11) is 0. The van der Waals surface area contributed by atoms with E-state index in [4.69, 9.17) is 0 Å². The highest BCUT2D eigenvalue weighted by Crippen LogP contribution is 2.21. The summed E-state index contributed by atoms with van der Waals surface area (Å²) < 4.78 is 1.22. The van der Waals surface area contributed by atoms with Gasteiger partial charge >= 0.3 is 0 Å². The average Bonchev–Trinajstić information content (AvgIpc) is 2.57. The van der Waals surface area contributed by atoms with Crippen molar-refractivity contribution in [1.29, 1.82) is 0 Å². The Morgan fingerprint density at radius 3 is 2.67 bits per heavy atom. The van der Waals surface area contributed by atoms with Crippen LogP contribution >= 0.6 is 27.3 Å². The molecule has 0 aliphatic rings. The quantitative estimate of drug-likeness (QED) is 0.755. The molecule has 1 rings (SSSR count). The topological polar surface area (TPSA) is 24.1 Å². The maximum atomic E-state index is 3.52. The maximum absolute atomic E-state index is 3.52. The fourth-order valence-electron chi connectivity index (χ4n) is 1.22. The van der Waals surface area contributed by atoms with Crippen molar-refractivity contribution in [3.8, 4) is 0 Å². The van der Waals surface area contributed by atoms with Gasteiger partial charge in [0.1, 0.15) is 0 Å². The lowest BCUT2D eigenvalue weighted by Gasteiger charge is -2.07. The Kier molecular flexibility index (Phi) is 6.48. The smallest absolute Gasteiger partial charge is 0.0327 e. The third kappa shape index (κ3) is 5.66. The molecule has 0 unspecified atom stereocenters. The molecule has 0 fully saturated rings. The predicted octanol–water partition coefficient (Wildman–Crippen LogP) is 2.85. The van der Waals surface area contributed by atoms with E-state index in [0.29, 0.717) is 0 Å². The Bertz CT molecular complexity index is 273. The predicted molar refractivity (Wildman–Crippen MR) is 71.4 cm³/mol. The SMILES string of the molecule is CC(C)CNCCNCc1sccc1Br. The summed E-state index contributed by atoms with van der Waals surface area (Å²) in [5, 5.41) is 8.94. The second kappa shape index (κ2) is 7.39. The van der Waals surface area contributed by atoms with E-state index >= 15 is 0 Å². The van der Waals surface area contributed by atoms with Gasteiger partial charge in [0.2, 0.25) is 0 Å². The Labute approximate surface area is 105 Å². The third-order valence-corrected chi connectivity index (χ3v) is 3.93. The third-order valence-electron chi connectivity index (χ3n) is 2.01. The second-order valence-corrected chi connectivity index (χ2v) is 5.82. The van der Waals surface area contributed by atoms with Crippen molar-refractivity contribution in [2.24, 2.45) is 5.92 Å². The van der Waals surface area contributed by atoms with Gasteiger partial charge in [-0.3, -0.25) is 0 Å². The molecule has 86 valence electrons. The molecule has 0 saturated heterocycles. The zero-order valence-corrected chi connectivity index (χ0v) is 11.7. The minimum Gasteiger partial charge on any atom is -0.315 e. The van der Waals surface area contributed by atoms with Crippen LogP contribution in [0.25, 0.3) is 0 Å². The van der Waals surface area contributed by atoms with Gasteiger partial charge in [-0.15, -0.1) is 11.3 Å². The van der Waals surface area contributed by atoms with Gasteiger partial charge in [0.05, 0.1) is 0 Å². The largest absolute Gasteiger partial charge is 0.315 e. The van der Waals surface area contributed by atoms with E-state index in [2.05, 4.69) is 51.9 Å². The van der Waals surface area contributed by atoms with Crippen LogP contribution in [0.15, 0.2) is 15.9 Å². The molecule has 1 aromatic heterocycles. The first kappa shape index (κ1) is 13.2. The van der Waals surface area contributed by atoms with Crippen molar-refractivity contribution in [2.45, 2.75) is 20.4 Å². The molecule has 0 aliphatic carbocycles. The highest BCUT2D eigenvalue weighted by atomic mass is 79.9. The zero-order valence-electron chi connectivity index (χ0n) is 9.35. The molecule has 2 nitrogen and oxygen atoms in total. The molecule has 0 radical (unpaired) electrons. The molecule has 2 N–H and O–H groups in total. The van der Waals surface area contributed by atoms with Crippen LogP contribution in [0.5, 0.6) is 0 Å². The van der Waals surface area contributed by atoms with Crippen LogP contribution in [0.4, 0.5) is 0 Å². The second-order valence-electron chi connectivity index (χ2n) is 3.97. The van der Waals surface area contributed by atoms with Gasteiger partial charge in [-0.05, 0) is 39.8 Å². The zero-order chi connectivity index (χ0) is 11.1. The van der Waals surface area contributed by atoms with Gasteiger partial charge < -0.3 is 10.6 Å². The Hall–Kier alpha value is 0.100. The molecule has 0 saturated carbocycles. The molecule has 15 heavy (non-hydrogen) atoms. The molecular weight excluding hydrogens is 272 g/mol. The number of nitrogens with one attached hydrogen (secondary N) is 2. The van der Waals surface area contributed by atoms with Gasteiger partial charge in [0.25, 0.3) is 0 Å². The number of rotatable bonds is 7. The maximum Gasteiger partial charge on any atom is 0.0327 e. The van der Waals surface area contributed by atoms with Crippen molar-refractivity contribution >= 4 is 27.3 Å². The minimum atomic E-state index is 0.733. The Morgan fingerprint density at radius 2 is 2.07 bits per heavy atom. The fraction of sp³-hybridized carbons (Fsp3) is 0.636. The van der Waals surface area contributed by atoms with Crippen molar-refractivity contribution in [1.82, 2.24) is 10.6 Å². The van der Waals surface area contributed by atoms with Gasteiger partial charge in [0, 0.05) is 29.0 Å². The molecule has 0 aliphatic heterocycles. The Balaban J connectivity index is 2.00. The summed E-state index contributed by atoms with van der Waals surface area (Å²) >= 11 is 5.31. The Morgan fingerprint density at radius 1 is 1.33 bits per heavy atom. The lowest BCUT2D eigenvalue weighted by Crippen LogP contribution is -2.29. The minimum absolute atomic E-state index is 0.733. The van der Waals surface area contributed by atoms with E-state index in [-0.39, 0.29) is 0 Å². The van der Waals surface area contributed by atoms with E-state index in [1.165, 1.54) is 9.35 Å². The van der Waals surface area contributed by atoms with Crippen molar-refractivity contribution in [3.05, 3.63) is 20.8 Å². The van der Waals surface area contributed by atoms with Crippen LogP contribution in [0.1, 0.15) is 18.7 Å². The van der Waals surface area contributed by atoms with E-state index in [1.807, 2.05) is 0 Å². The highest BCUT2D eigenvalue weighted by Gasteiger charge is 1.99. The van der Waals surface area contributed by atoms with Crippen molar-refractivity contribution in [2.75, 3.05) is 19.6 Å². The average molecular weight is 291 g/mol. The molecule has 0 aromatic carbocycles.